The Morgan fingerprint density at radius 1 is 1.45 bits per heavy atom. The fourth-order valence-electron chi connectivity index (χ4n) is 2.48. The molecule has 2 rings (SSSR count). The summed E-state index contributed by atoms with van der Waals surface area (Å²) in [5.41, 5.74) is 0. The van der Waals surface area contributed by atoms with E-state index in [0.29, 0.717) is 5.02 Å². The van der Waals surface area contributed by atoms with Crippen molar-refractivity contribution >= 4 is 29.3 Å². The molecule has 1 amide bonds. The quantitative estimate of drug-likeness (QED) is 0.868. The van der Waals surface area contributed by atoms with Crippen LogP contribution in [0.15, 0.2) is 29.2 Å². The van der Waals surface area contributed by atoms with Gasteiger partial charge in [-0.15, -0.1) is 11.8 Å². The number of halogens is 1. The number of amides is 1. The van der Waals surface area contributed by atoms with Crippen molar-refractivity contribution in [3.63, 3.8) is 0 Å². The number of carbonyl (C=O) groups is 1. The predicted molar refractivity (Wildman–Crippen MR) is 83.2 cm³/mol. The fourth-order valence-corrected chi connectivity index (χ4v) is 3.55. The van der Waals surface area contributed by atoms with E-state index in [4.69, 9.17) is 11.6 Å². The van der Waals surface area contributed by atoms with Crippen LogP contribution in [0.25, 0.3) is 0 Å². The third-order valence-electron chi connectivity index (χ3n) is 3.60. The summed E-state index contributed by atoms with van der Waals surface area (Å²) in [7, 11) is 0. The van der Waals surface area contributed by atoms with Gasteiger partial charge in [-0.3, -0.25) is 4.79 Å². The molecule has 0 radical (unpaired) electrons. The Balaban J connectivity index is 1.98. The van der Waals surface area contributed by atoms with Crippen molar-refractivity contribution in [1.29, 1.82) is 0 Å². The lowest BCUT2D eigenvalue weighted by Gasteiger charge is -2.36. The second-order valence-corrected chi connectivity index (χ2v) is 6.93. The summed E-state index contributed by atoms with van der Waals surface area (Å²) < 4.78 is 0. The minimum Gasteiger partial charge on any atom is -0.394 e. The number of rotatable bonds is 4. The van der Waals surface area contributed by atoms with Gasteiger partial charge < -0.3 is 10.0 Å². The molecule has 0 spiro atoms. The number of benzene rings is 1. The summed E-state index contributed by atoms with van der Waals surface area (Å²) in [6.07, 6.45) is 3.02. The monoisotopic (exact) mass is 313 g/mol. The summed E-state index contributed by atoms with van der Waals surface area (Å²) in [5.74, 6) is 0.115. The average molecular weight is 314 g/mol. The van der Waals surface area contributed by atoms with E-state index in [1.807, 2.05) is 36.1 Å². The van der Waals surface area contributed by atoms with Crippen LogP contribution in [-0.2, 0) is 4.79 Å². The van der Waals surface area contributed by atoms with Crippen LogP contribution in [0, 0.1) is 0 Å². The number of carbonyl (C=O) groups excluding carboxylic acids is 1. The molecular weight excluding hydrogens is 294 g/mol. The maximum atomic E-state index is 12.5. The zero-order chi connectivity index (χ0) is 14.5. The highest BCUT2D eigenvalue weighted by molar-refractivity contribution is 8.00. The molecule has 1 saturated heterocycles. The van der Waals surface area contributed by atoms with Gasteiger partial charge in [0.05, 0.1) is 17.9 Å². The van der Waals surface area contributed by atoms with E-state index in [1.165, 1.54) is 11.8 Å². The van der Waals surface area contributed by atoms with Gasteiger partial charge in [-0.1, -0.05) is 11.6 Å². The molecule has 20 heavy (non-hydrogen) atoms. The van der Waals surface area contributed by atoms with Crippen LogP contribution in [0.3, 0.4) is 0 Å². The molecule has 2 unspecified atom stereocenters. The molecule has 0 aromatic heterocycles. The first-order valence-electron chi connectivity index (χ1n) is 6.95. The van der Waals surface area contributed by atoms with E-state index in [2.05, 4.69) is 0 Å². The lowest BCUT2D eigenvalue weighted by atomic mass is 10.0. The number of piperidine rings is 1. The second-order valence-electron chi connectivity index (χ2n) is 5.08. The van der Waals surface area contributed by atoms with E-state index in [1.54, 1.807) is 0 Å². The summed E-state index contributed by atoms with van der Waals surface area (Å²) in [6, 6.07) is 7.51. The third-order valence-corrected chi connectivity index (χ3v) is 4.95. The summed E-state index contributed by atoms with van der Waals surface area (Å²) in [5, 5.41) is 9.95. The topological polar surface area (TPSA) is 40.5 Å². The summed E-state index contributed by atoms with van der Waals surface area (Å²) in [4.78, 5) is 15.4. The molecule has 1 aromatic rings. The number of aliphatic hydroxyl groups excluding tert-OH is 1. The van der Waals surface area contributed by atoms with Gasteiger partial charge >= 0.3 is 0 Å². The first kappa shape index (κ1) is 15.7. The Labute approximate surface area is 129 Å². The van der Waals surface area contributed by atoms with Crippen LogP contribution in [0.5, 0.6) is 0 Å². The molecule has 110 valence electrons. The fraction of sp³-hybridized carbons (Fsp3) is 0.533. The van der Waals surface area contributed by atoms with E-state index < -0.39 is 0 Å². The van der Waals surface area contributed by atoms with Gasteiger partial charge in [-0.05, 0) is 50.5 Å². The van der Waals surface area contributed by atoms with Crippen molar-refractivity contribution in [2.45, 2.75) is 42.4 Å². The van der Waals surface area contributed by atoms with Gasteiger partial charge in [-0.2, -0.15) is 0 Å². The highest BCUT2D eigenvalue weighted by atomic mass is 35.5. The molecule has 1 heterocycles. The first-order chi connectivity index (χ1) is 9.61. The highest BCUT2D eigenvalue weighted by Crippen LogP contribution is 2.27. The largest absolute Gasteiger partial charge is 0.394 e. The van der Waals surface area contributed by atoms with Gasteiger partial charge in [0.25, 0.3) is 0 Å². The minimum absolute atomic E-state index is 0.00971. The molecule has 1 N–H and O–H groups in total. The van der Waals surface area contributed by atoms with Gasteiger partial charge in [0, 0.05) is 16.5 Å². The van der Waals surface area contributed by atoms with Gasteiger partial charge in [0.1, 0.15) is 0 Å². The van der Waals surface area contributed by atoms with E-state index >= 15 is 0 Å². The van der Waals surface area contributed by atoms with Crippen molar-refractivity contribution in [2.24, 2.45) is 0 Å². The molecule has 1 aliphatic heterocycles. The molecule has 1 aromatic carbocycles. The second kappa shape index (κ2) is 7.34. The van der Waals surface area contributed by atoms with Crippen LogP contribution in [0.4, 0.5) is 0 Å². The zero-order valence-corrected chi connectivity index (χ0v) is 13.2. The number of nitrogens with zero attached hydrogens (tertiary/aromatic N) is 1. The zero-order valence-electron chi connectivity index (χ0n) is 11.6. The van der Waals surface area contributed by atoms with Crippen molar-refractivity contribution in [3.8, 4) is 0 Å². The predicted octanol–water partition coefficient (Wildman–Crippen LogP) is 3.19. The lowest BCUT2D eigenvalue weighted by Crippen LogP contribution is -2.48. The van der Waals surface area contributed by atoms with Gasteiger partial charge in [-0.25, -0.2) is 0 Å². The van der Waals surface area contributed by atoms with Crippen molar-refractivity contribution in [1.82, 2.24) is 4.90 Å². The molecular formula is C15H20ClNO2S. The molecule has 0 aliphatic carbocycles. The number of aliphatic hydroxyl groups is 1. The van der Waals surface area contributed by atoms with Crippen molar-refractivity contribution in [3.05, 3.63) is 29.3 Å². The Kier molecular flexibility index (Phi) is 5.75. The Bertz CT molecular complexity index is 452. The molecule has 1 aliphatic rings. The molecule has 0 bridgehead atoms. The molecule has 0 saturated carbocycles. The molecule has 3 nitrogen and oxygen atoms in total. The number of thioether (sulfide) groups is 1. The molecule has 1 fully saturated rings. The third kappa shape index (κ3) is 3.90. The van der Waals surface area contributed by atoms with E-state index in [-0.39, 0.29) is 23.8 Å². The summed E-state index contributed by atoms with van der Waals surface area (Å²) >= 11 is 7.39. The van der Waals surface area contributed by atoms with Crippen LogP contribution >= 0.6 is 23.4 Å². The highest BCUT2D eigenvalue weighted by Gasteiger charge is 2.29. The molecule has 2 atom stereocenters. The Hall–Kier alpha value is -0.710. The SMILES string of the molecule is CC(Sc1ccc(Cl)cc1)C(=O)N1CCCCC1CO. The number of likely N-dealkylation sites (tertiary alicyclic amines) is 1. The van der Waals surface area contributed by atoms with Gasteiger partial charge in [0.15, 0.2) is 0 Å². The summed E-state index contributed by atoms with van der Waals surface area (Å²) in [6.45, 7) is 2.74. The smallest absolute Gasteiger partial charge is 0.236 e. The minimum atomic E-state index is -0.150. The van der Waals surface area contributed by atoms with Crippen LogP contribution in [-0.4, -0.2) is 40.4 Å². The maximum absolute atomic E-state index is 12.5. The first-order valence-corrected chi connectivity index (χ1v) is 8.21. The van der Waals surface area contributed by atoms with Crippen LogP contribution in [0.2, 0.25) is 5.02 Å². The van der Waals surface area contributed by atoms with Crippen LogP contribution < -0.4 is 0 Å². The van der Waals surface area contributed by atoms with Crippen LogP contribution in [0.1, 0.15) is 26.2 Å². The standard InChI is InChI=1S/C15H20ClNO2S/c1-11(20-14-7-5-12(16)6-8-14)15(19)17-9-3-2-4-13(17)10-18/h5-8,11,13,18H,2-4,9-10H2,1H3. The van der Waals surface area contributed by atoms with Crippen molar-refractivity contribution in [2.75, 3.05) is 13.2 Å². The molecule has 5 heteroatoms. The normalized spacial score (nSPS) is 20.8. The average Bonchev–Trinajstić information content (AvgIpc) is 2.48. The van der Waals surface area contributed by atoms with Gasteiger partial charge in [0.2, 0.25) is 5.91 Å². The van der Waals surface area contributed by atoms with E-state index in [0.717, 1.165) is 30.7 Å². The lowest BCUT2D eigenvalue weighted by molar-refractivity contribution is -0.135. The van der Waals surface area contributed by atoms with E-state index in [9.17, 15) is 9.90 Å². The van der Waals surface area contributed by atoms with Crippen molar-refractivity contribution < 1.29 is 9.90 Å². The maximum Gasteiger partial charge on any atom is 0.236 e. The number of hydrogen-bond donors (Lipinski definition) is 1. The Morgan fingerprint density at radius 2 is 2.15 bits per heavy atom. The number of hydrogen-bond acceptors (Lipinski definition) is 3. The Morgan fingerprint density at radius 3 is 2.80 bits per heavy atom.